The molecule has 0 atom stereocenters. The van der Waals surface area contributed by atoms with Gasteiger partial charge in [-0.3, -0.25) is 4.79 Å². The highest BCUT2D eigenvalue weighted by Crippen LogP contribution is 2.30. The van der Waals surface area contributed by atoms with Crippen LogP contribution < -0.4 is 5.43 Å². The number of rotatable bonds is 4. The number of carbonyl (C=O) groups is 1. The topological polar surface area (TPSA) is 92.4 Å². The number of amides is 1. The lowest BCUT2D eigenvalue weighted by atomic mass is 10.2. The maximum atomic E-state index is 12.6. The first-order valence-corrected chi connectivity index (χ1v) is 9.91. The molecule has 5 aromatic rings. The molecule has 31 heavy (non-hydrogen) atoms. The van der Waals surface area contributed by atoms with E-state index in [1.165, 1.54) is 6.21 Å². The summed E-state index contributed by atoms with van der Waals surface area (Å²) in [5, 5.41) is 14.9. The Hall–Kier alpha value is -3.97. The minimum atomic E-state index is -0.319. The molecule has 8 heteroatoms. The van der Waals surface area contributed by atoms with Gasteiger partial charge in [-0.15, -0.1) is 0 Å². The molecule has 0 aliphatic rings. The number of phenolic OH excluding ortho intramolecular Hbond substituents is 1. The van der Waals surface area contributed by atoms with E-state index in [9.17, 15) is 9.90 Å². The zero-order chi connectivity index (χ0) is 21.4. The van der Waals surface area contributed by atoms with Crippen LogP contribution in [0, 0.1) is 0 Å². The van der Waals surface area contributed by atoms with Crippen molar-refractivity contribution in [1.29, 1.82) is 0 Å². The van der Waals surface area contributed by atoms with Crippen LogP contribution in [0.4, 0.5) is 0 Å². The zero-order valence-corrected chi connectivity index (χ0v) is 16.9. The molecule has 0 saturated carbocycles. The Bertz CT molecular complexity index is 1490. The number of phenols is 1. The molecule has 152 valence electrons. The Morgan fingerprint density at radius 3 is 2.68 bits per heavy atom. The third kappa shape index (κ3) is 3.67. The van der Waals surface area contributed by atoms with E-state index in [2.05, 4.69) is 10.5 Å². The average Bonchev–Trinajstić information content (AvgIpc) is 3.04. The number of aromatic nitrogens is 3. The number of benzene rings is 3. The van der Waals surface area contributed by atoms with Gasteiger partial charge in [0, 0.05) is 10.4 Å². The van der Waals surface area contributed by atoms with Crippen LogP contribution in [0.3, 0.4) is 0 Å². The molecule has 0 aliphatic carbocycles. The van der Waals surface area contributed by atoms with Crippen molar-refractivity contribution in [3.8, 4) is 5.75 Å². The largest absolute Gasteiger partial charge is 0.508 e. The van der Waals surface area contributed by atoms with Crippen molar-refractivity contribution in [3.63, 3.8) is 0 Å². The predicted molar refractivity (Wildman–Crippen MR) is 121 cm³/mol. The molecule has 0 radical (unpaired) electrons. The molecule has 2 heterocycles. The second kappa shape index (κ2) is 7.70. The molecular formula is C23H16ClN5O2. The highest BCUT2D eigenvalue weighted by Gasteiger charge is 2.17. The molecule has 2 N–H and O–H groups in total. The molecule has 1 amide bonds. The van der Waals surface area contributed by atoms with Crippen molar-refractivity contribution in [1.82, 2.24) is 20.0 Å². The van der Waals surface area contributed by atoms with Gasteiger partial charge in [-0.1, -0.05) is 35.9 Å². The lowest BCUT2D eigenvalue weighted by Crippen LogP contribution is -2.23. The number of nitrogens with zero attached hydrogens (tertiary/aromatic N) is 4. The minimum Gasteiger partial charge on any atom is -0.508 e. The number of aromatic hydroxyl groups is 1. The van der Waals surface area contributed by atoms with Gasteiger partial charge in [0.15, 0.2) is 5.65 Å². The van der Waals surface area contributed by atoms with Gasteiger partial charge in [0.2, 0.25) is 0 Å². The Morgan fingerprint density at radius 2 is 1.87 bits per heavy atom. The van der Waals surface area contributed by atoms with E-state index < -0.39 is 0 Å². The summed E-state index contributed by atoms with van der Waals surface area (Å²) in [6, 6.07) is 19.6. The standard InChI is InChI=1S/C23H16ClN5O2/c24-15-8-9-20-17(11-15)22-23(27-19-7-2-1-6-18(19)26-22)29(20)13-21(31)28-25-12-14-4-3-5-16(30)10-14/h1-12,30H,13H2,(H,28,31)/b25-12+. The van der Waals surface area contributed by atoms with Gasteiger partial charge in [0.25, 0.3) is 5.91 Å². The number of hydrogen-bond donors (Lipinski definition) is 2. The Morgan fingerprint density at radius 1 is 1.06 bits per heavy atom. The summed E-state index contributed by atoms with van der Waals surface area (Å²) in [5.74, 6) is -0.190. The summed E-state index contributed by atoms with van der Waals surface area (Å²) in [6.45, 7) is 0.00598. The molecule has 7 nitrogen and oxygen atoms in total. The van der Waals surface area contributed by atoms with Gasteiger partial charge in [-0.2, -0.15) is 5.10 Å². The highest BCUT2D eigenvalue weighted by molar-refractivity contribution is 6.31. The summed E-state index contributed by atoms with van der Waals surface area (Å²) >= 11 is 6.22. The molecule has 2 aromatic heterocycles. The summed E-state index contributed by atoms with van der Waals surface area (Å²) in [5.41, 5.74) is 6.80. The van der Waals surface area contributed by atoms with Gasteiger partial charge >= 0.3 is 0 Å². The lowest BCUT2D eigenvalue weighted by Gasteiger charge is -2.06. The lowest BCUT2D eigenvalue weighted by molar-refractivity contribution is -0.121. The fourth-order valence-corrected chi connectivity index (χ4v) is 3.70. The SMILES string of the molecule is O=C(Cn1c2ccc(Cl)cc2c2nc3ccccc3nc21)N/N=C/c1cccc(O)c1. The van der Waals surface area contributed by atoms with Crippen LogP contribution in [0.1, 0.15) is 5.56 Å². The summed E-state index contributed by atoms with van der Waals surface area (Å²) < 4.78 is 1.81. The van der Waals surface area contributed by atoms with E-state index in [0.29, 0.717) is 21.7 Å². The van der Waals surface area contributed by atoms with Crippen LogP contribution >= 0.6 is 11.6 Å². The van der Waals surface area contributed by atoms with Crippen LogP contribution in [0.25, 0.3) is 33.1 Å². The monoisotopic (exact) mass is 429 g/mol. The van der Waals surface area contributed by atoms with Crippen LogP contribution in [0.2, 0.25) is 5.02 Å². The normalized spacial score (nSPS) is 11.6. The summed E-state index contributed by atoms with van der Waals surface area (Å²) in [4.78, 5) is 22.1. The zero-order valence-electron chi connectivity index (χ0n) is 16.2. The molecule has 0 saturated heterocycles. The fourth-order valence-electron chi connectivity index (χ4n) is 3.53. The highest BCUT2D eigenvalue weighted by atomic mass is 35.5. The Kier molecular flexibility index (Phi) is 4.72. The number of hydrogen-bond acceptors (Lipinski definition) is 5. The number of fused-ring (bicyclic) bond motifs is 4. The maximum absolute atomic E-state index is 12.6. The second-order valence-electron chi connectivity index (χ2n) is 7.02. The summed E-state index contributed by atoms with van der Waals surface area (Å²) in [6.07, 6.45) is 1.47. The molecule has 0 bridgehead atoms. The molecule has 5 rings (SSSR count). The average molecular weight is 430 g/mol. The summed E-state index contributed by atoms with van der Waals surface area (Å²) in [7, 11) is 0. The van der Waals surface area contributed by atoms with E-state index in [-0.39, 0.29) is 18.2 Å². The third-order valence-electron chi connectivity index (χ3n) is 4.89. The minimum absolute atomic E-state index is 0.00598. The van der Waals surface area contributed by atoms with Crippen molar-refractivity contribution in [2.24, 2.45) is 5.10 Å². The van der Waals surface area contributed by atoms with Crippen molar-refractivity contribution < 1.29 is 9.90 Å². The molecule has 0 unspecified atom stereocenters. The van der Waals surface area contributed by atoms with E-state index in [4.69, 9.17) is 21.6 Å². The number of para-hydroxylation sites is 2. The van der Waals surface area contributed by atoms with Gasteiger partial charge in [0.1, 0.15) is 17.8 Å². The van der Waals surface area contributed by atoms with Crippen LogP contribution in [0.5, 0.6) is 5.75 Å². The Labute approximate surface area is 181 Å². The molecule has 0 spiro atoms. The number of hydrazone groups is 1. The van der Waals surface area contributed by atoms with E-state index >= 15 is 0 Å². The van der Waals surface area contributed by atoms with Crippen LogP contribution in [-0.4, -0.2) is 31.8 Å². The van der Waals surface area contributed by atoms with Crippen molar-refractivity contribution in [3.05, 3.63) is 77.3 Å². The van der Waals surface area contributed by atoms with Crippen molar-refractivity contribution in [2.75, 3.05) is 0 Å². The first kappa shape index (κ1) is 19.0. The molecule has 0 fully saturated rings. The molecule has 3 aromatic carbocycles. The molecule has 0 aliphatic heterocycles. The fraction of sp³-hybridized carbons (Fsp3) is 0.0435. The van der Waals surface area contributed by atoms with E-state index in [1.54, 1.807) is 34.9 Å². The molecular weight excluding hydrogens is 414 g/mol. The van der Waals surface area contributed by atoms with E-state index in [1.807, 2.05) is 36.4 Å². The first-order valence-electron chi connectivity index (χ1n) is 9.54. The quantitative estimate of drug-likeness (QED) is 0.330. The predicted octanol–water partition coefficient (Wildman–Crippen LogP) is 4.25. The van der Waals surface area contributed by atoms with Gasteiger partial charge in [0.05, 0.1) is 22.8 Å². The smallest absolute Gasteiger partial charge is 0.260 e. The maximum Gasteiger partial charge on any atom is 0.260 e. The van der Waals surface area contributed by atoms with Gasteiger partial charge < -0.3 is 9.67 Å². The van der Waals surface area contributed by atoms with Crippen LogP contribution in [-0.2, 0) is 11.3 Å². The number of nitrogens with one attached hydrogen (secondary N) is 1. The Balaban J connectivity index is 1.52. The number of carbonyl (C=O) groups excluding carboxylic acids is 1. The third-order valence-corrected chi connectivity index (χ3v) is 5.12. The van der Waals surface area contributed by atoms with Gasteiger partial charge in [-0.25, -0.2) is 15.4 Å². The second-order valence-corrected chi connectivity index (χ2v) is 7.46. The van der Waals surface area contributed by atoms with Crippen molar-refractivity contribution in [2.45, 2.75) is 6.54 Å². The van der Waals surface area contributed by atoms with E-state index in [0.717, 1.165) is 21.9 Å². The van der Waals surface area contributed by atoms with Gasteiger partial charge in [-0.05, 0) is 48.0 Å². The van der Waals surface area contributed by atoms with Crippen molar-refractivity contribution >= 4 is 56.8 Å². The number of halogens is 1. The van der Waals surface area contributed by atoms with Crippen LogP contribution in [0.15, 0.2) is 71.8 Å². The first-order chi connectivity index (χ1) is 15.1.